The van der Waals surface area contributed by atoms with Crippen LogP contribution in [0.4, 0.5) is 0 Å². The fourth-order valence-electron chi connectivity index (χ4n) is 1.25. The molecule has 15 heavy (non-hydrogen) atoms. The molecular weight excluding hydrogens is 324 g/mol. The molecule has 0 N–H and O–H groups in total. The fourth-order valence-corrected chi connectivity index (χ4v) is 2.81. The molecule has 0 bridgehead atoms. The van der Waals surface area contributed by atoms with Crippen LogP contribution >= 0.6 is 31.9 Å². The van der Waals surface area contributed by atoms with E-state index in [4.69, 9.17) is 0 Å². The zero-order valence-electron chi connectivity index (χ0n) is 8.64. The van der Waals surface area contributed by atoms with Crippen molar-refractivity contribution in [3.63, 3.8) is 0 Å². The number of hydrogen-bond donors (Lipinski definition) is 0. The van der Waals surface area contributed by atoms with E-state index in [0.29, 0.717) is 0 Å². The van der Waals surface area contributed by atoms with Crippen molar-refractivity contribution in [2.45, 2.75) is 19.8 Å². The summed E-state index contributed by atoms with van der Waals surface area (Å²) in [7, 11) is 1.39. The minimum Gasteiger partial charge on any atom is -0.469 e. The van der Waals surface area contributed by atoms with Crippen molar-refractivity contribution < 1.29 is 9.53 Å². The van der Waals surface area contributed by atoms with Crippen LogP contribution < -0.4 is 0 Å². The van der Waals surface area contributed by atoms with Crippen LogP contribution in [-0.2, 0) is 22.4 Å². The molecule has 4 heteroatoms. The van der Waals surface area contributed by atoms with E-state index in [0.717, 1.165) is 20.9 Å². The van der Waals surface area contributed by atoms with Crippen molar-refractivity contribution in [3.8, 4) is 0 Å². The molecule has 0 unspecified atom stereocenters. The van der Waals surface area contributed by atoms with Crippen LogP contribution in [0.25, 0.3) is 0 Å². The maximum atomic E-state index is 11.2. The molecule has 0 saturated heterocycles. The van der Waals surface area contributed by atoms with E-state index in [9.17, 15) is 4.79 Å². The summed E-state index contributed by atoms with van der Waals surface area (Å²) in [4.78, 5) is 11.2. The first-order valence-corrected chi connectivity index (χ1v) is 6.20. The van der Waals surface area contributed by atoms with Crippen LogP contribution in [0.15, 0.2) is 21.1 Å². The van der Waals surface area contributed by atoms with E-state index in [2.05, 4.69) is 43.5 Å². The van der Waals surface area contributed by atoms with Crippen LogP contribution in [0.5, 0.6) is 0 Å². The van der Waals surface area contributed by atoms with E-state index < -0.39 is 0 Å². The van der Waals surface area contributed by atoms with Gasteiger partial charge in [0.25, 0.3) is 0 Å². The summed E-state index contributed by atoms with van der Waals surface area (Å²) in [6.07, 6.45) is 1.25. The van der Waals surface area contributed by atoms with E-state index >= 15 is 0 Å². The second-order valence-corrected chi connectivity index (χ2v) is 4.85. The number of benzene rings is 1. The van der Waals surface area contributed by atoms with Gasteiger partial charge >= 0.3 is 5.97 Å². The van der Waals surface area contributed by atoms with Crippen LogP contribution in [0.1, 0.15) is 18.1 Å². The molecule has 1 aromatic carbocycles. The molecule has 0 heterocycles. The Bertz CT molecular complexity index is 352. The summed E-state index contributed by atoms with van der Waals surface area (Å²) in [6.45, 7) is 2.09. The van der Waals surface area contributed by atoms with Gasteiger partial charge < -0.3 is 4.74 Å². The summed E-state index contributed by atoms with van der Waals surface area (Å²) in [6, 6.07) is 4.06. The van der Waals surface area contributed by atoms with Gasteiger partial charge in [-0.25, -0.2) is 0 Å². The maximum absolute atomic E-state index is 11.2. The van der Waals surface area contributed by atoms with Crippen molar-refractivity contribution in [2.75, 3.05) is 7.11 Å². The quantitative estimate of drug-likeness (QED) is 0.790. The Kier molecular flexibility index (Phi) is 4.80. The summed E-state index contributed by atoms with van der Waals surface area (Å²) in [5.41, 5.74) is 2.15. The van der Waals surface area contributed by atoms with Gasteiger partial charge in [-0.1, -0.05) is 38.8 Å². The van der Waals surface area contributed by atoms with Crippen molar-refractivity contribution >= 4 is 37.8 Å². The number of hydrogen-bond acceptors (Lipinski definition) is 2. The molecular formula is C11H12Br2O2. The minimum absolute atomic E-state index is 0.236. The molecule has 0 spiro atoms. The van der Waals surface area contributed by atoms with Gasteiger partial charge in [-0.3, -0.25) is 4.79 Å². The van der Waals surface area contributed by atoms with E-state index in [1.54, 1.807) is 0 Å². The minimum atomic E-state index is -0.236. The molecule has 1 rings (SSSR count). The highest BCUT2D eigenvalue weighted by Gasteiger charge is 2.11. The molecule has 0 aliphatic rings. The number of ether oxygens (including phenoxy) is 1. The van der Waals surface area contributed by atoms with E-state index in [1.165, 1.54) is 12.7 Å². The van der Waals surface area contributed by atoms with Gasteiger partial charge in [0, 0.05) is 8.95 Å². The van der Waals surface area contributed by atoms with Crippen LogP contribution in [0.3, 0.4) is 0 Å². The number of rotatable bonds is 3. The third kappa shape index (κ3) is 3.31. The Balaban J connectivity index is 3.03. The predicted octanol–water partition coefficient (Wildman–Crippen LogP) is 3.49. The smallest absolute Gasteiger partial charge is 0.310 e. The van der Waals surface area contributed by atoms with Gasteiger partial charge in [-0.2, -0.15) is 0 Å². The number of carbonyl (C=O) groups is 1. The fraction of sp³-hybridized carbons (Fsp3) is 0.364. The number of esters is 1. The van der Waals surface area contributed by atoms with Gasteiger partial charge in [0.2, 0.25) is 0 Å². The highest BCUT2D eigenvalue weighted by molar-refractivity contribution is 9.11. The zero-order chi connectivity index (χ0) is 11.4. The molecule has 0 radical (unpaired) electrons. The van der Waals surface area contributed by atoms with Gasteiger partial charge in [0.15, 0.2) is 0 Å². The standard InChI is InChI=1S/C11H12Br2O2/c1-3-7-4-9(12)8(10(13)5-7)6-11(14)15-2/h4-5H,3,6H2,1-2H3. The average Bonchev–Trinajstić information content (AvgIpc) is 2.22. The summed E-state index contributed by atoms with van der Waals surface area (Å²) < 4.78 is 6.53. The first-order chi connectivity index (χ1) is 7.08. The van der Waals surface area contributed by atoms with Gasteiger partial charge in [-0.15, -0.1) is 0 Å². The van der Waals surface area contributed by atoms with Crippen LogP contribution in [-0.4, -0.2) is 13.1 Å². The lowest BCUT2D eigenvalue weighted by molar-refractivity contribution is -0.139. The SMILES string of the molecule is CCc1cc(Br)c(CC(=O)OC)c(Br)c1. The zero-order valence-corrected chi connectivity index (χ0v) is 11.8. The molecule has 0 fully saturated rings. The van der Waals surface area contributed by atoms with Crippen molar-refractivity contribution in [1.29, 1.82) is 0 Å². The highest BCUT2D eigenvalue weighted by Crippen LogP contribution is 2.28. The van der Waals surface area contributed by atoms with Crippen molar-refractivity contribution in [2.24, 2.45) is 0 Å². The van der Waals surface area contributed by atoms with Gasteiger partial charge in [0.1, 0.15) is 0 Å². The van der Waals surface area contributed by atoms with E-state index in [-0.39, 0.29) is 12.4 Å². The lowest BCUT2D eigenvalue weighted by atomic mass is 10.1. The monoisotopic (exact) mass is 334 g/mol. The molecule has 0 saturated carbocycles. The molecule has 0 aromatic heterocycles. The molecule has 0 amide bonds. The molecule has 1 aromatic rings. The number of halogens is 2. The largest absolute Gasteiger partial charge is 0.469 e. The second kappa shape index (κ2) is 5.66. The maximum Gasteiger partial charge on any atom is 0.310 e. The number of aryl methyl sites for hydroxylation is 1. The van der Waals surface area contributed by atoms with Crippen LogP contribution in [0, 0.1) is 0 Å². The topological polar surface area (TPSA) is 26.3 Å². The summed E-state index contributed by atoms with van der Waals surface area (Å²) in [5.74, 6) is -0.236. The molecule has 0 aliphatic carbocycles. The Morgan fingerprint density at radius 1 is 1.33 bits per heavy atom. The Morgan fingerprint density at radius 3 is 2.27 bits per heavy atom. The number of methoxy groups -OCH3 is 1. The van der Waals surface area contributed by atoms with E-state index in [1.807, 2.05) is 12.1 Å². The summed E-state index contributed by atoms with van der Waals surface area (Å²) >= 11 is 6.92. The Hall–Kier alpha value is -0.350. The summed E-state index contributed by atoms with van der Waals surface area (Å²) in [5, 5.41) is 0. The molecule has 0 atom stereocenters. The molecule has 0 aliphatic heterocycles. The van der Waals surface area contributed by atoms with Crippen LogP contribution in [0.2, 0.25) is 0 Å². The highest BCUT2D eigenvalue weighted by atomic mass is 79.9. The second-order valence-electron chi connectivity index (χ2n) is 3.14. The lowest BCUT2D eigenvalue weighted by Gasteiger charge is -2.08. The Labute approximate surface area is 106 Å². The Morgan fingerprint density at radius 2 is 1.87 bits per heavy atom. The normalized spacial score (nSPS) is 10.1. The molecule has 2 nitrogen and oxygen atoms in total. The average molecular weight is 336 g/mol. The predicted molar refractivity (Wildman–Crippen MR) is 66.9 cm³/mol. The first kappa shape index (κ1) is 12.7. The van der Waals surface area contributed by atoms with Gasteiger partial charge in [0.05, 0.1) is 13.5 Å². The number of carbonyl (C=O) groups excluding carboxylic acids is 1. The third-order valence-electron chi connectivity index (χ3n) is 2.16. The first-order valence-electron chi connectivity index (χ1n) is 4.62. The molecule has 82 valence electrons. The van der Waals surface area contributed by atoms with Gasteiger partial charge in [-0.05, 0) is 29.7 Å². The lowest BCUT2D eigenvalue weighted by Crippen LogP contribution is -2.06. The van der Waals surface area contributed by atoms with Crippen molar-refractivity contribution in [1.82, 2.24) is 0 Å². The van der Waals surface area contributed by atoms with Crippen molar-refractivity contribution in [3.05, 3.63) is 32.2 Å². The third-order valence-corrected chi connectivity index (χ3v) is 3.57.